The number of hydrogen-bond acceptors (Lipinski definition) is 5. The minimum Gasteiger partial charge on any atom is -0.378 e. The van der Waals surface area contributed by atoms with Crippen LogP contribution in [0, 0.1) is 5.92 Å². The van der Waals surface area contributed by atoms with E-state index in [4.69, 9.17) is 4.74 Å². The van der Waals surface area contributed by atoms with Crippen LogP contribution in [0.25, 0.3) is 0 Å². The van der Waals surface area contributed by atoms with Crippen LogP contribution in [0.15, 0.2) is 36.7 Å². The van der Waals surface area contributed by atoms with E-state index in [-0.39, 0.29) is 23.7 Å². The van der Waals surface area contributed by atoms with Gasteiger partial charge in [-0.25, -0.2) is 0 Å². The smallest absolute Gasteiger partial charge is 0.254 e. The fraction of sp³-hybridized carbons (Fsp3) is 0.450. The van der Waals surface area contributed by atoms with Gasteiger partial charge in [-0.05, 0) is 29.8 Å². The molecule has 1 aromatic carbocycles. The van der Waals surface area contributed by atoms with Gasteiger partial charge in [-0.3, -0.25) is 14.3 Å². The van der Waals surface area contributed by atoms with E-state index in [0.29, 0.717) is 44.1 Å². The van der Waals surface area contributed by atoms with Crippen molar-refractivity contribution in [2.45, 2.75) is 5.92 Å². The Morgan fingerprint density at radius 2 is 1.93 bits per heavy atom. The number of carbonyl (C=O) groups excluding carboxylic acids is 2. The lowest BCUT2D eigenvalue weighted by atomic mass is 9.90. The van der Waals surface area contributed by atoms with Gasteiger partial charge in [-0.15, -0.1) is 0 Å². The number of anilines is 1. The number of benzene rings is 1. The van der Waals surface area contributed by atoms with E-state index < -0.39 is 0 Å². The summed E-state index contributed by atoms with van der Waals surface area (Å²) >= 11 is 0. The van der Waals surface area contributed by atoms with Gasteiger partial charge in [0.1, 0.15) is 0 Å². The number of ether oxygens (including phenoxy) is 1. The van der Waals surface area contributed by atoms with Crippen molar-refractivity contribution in [2.24, 2.45) is 13.0 Å². The normalized spacial score (nSPS) is 22.2. The molecule has 0 bridgehead atoms. The molecule has 0 spiro atoms. The van der Waals surface area contributed by atoms with Crippen molar-refractivity contribution in [3.63, 3.8) is 0 Å². The molecule has 8 nitrogen and oxygen atoms in total. The van der Waals surface area contributed by atoms with Crippen molar-refractivity contribution in [1.82, 2.24) is 20.0 Å². The highest BCUT2D eigenvalue weighted by molar-refractivity contribution is 5.96. The highest BCUT2D eigenvalue weighted by Crippen LogP contribution is 2.29. The van der Waals surface area contributed by atoms with E-state index in [9.17, 15) is 9.59 Å². The molecule has 8 heteroatoms. The van der Waals surface area contributed by atoms with Crippen molar-refractivity contribution >= 4 is 17.5 Å². The highest BCUT2D eigenvalue weighted by atomic mass is 16.5. The number of rotatable bonds is 4. The molecule has 0 aliphatic carbocycles. The summed E-state index contributed by atoms with van der Waals surface area (Å²) in [4.78, 5) is 27.1. The second-order valence-corrected chi connectivity index (χ2v) is 7.29. The summed E-state index contributed by atoms with van der Waals surface area (Å²) in [7, 11) is 1.88. The van der Waals surface area contributed by atoms with Gasteiger partial charge in [0.05, 0.1) is 25.3 Å². The van der Waals surface area contributed by atoms with Gasteiger partial charge in [0.25, 0.3) is 5.91 Å². The third kappa shape index (κ3) is 3.93. The van der Waals surface area contributed by atoms with Crippen LogP contribution in [0.3, 0.4) is 0 Å². The first-order valence-electron chi connectivity index (χ1n) is 9.59. The first-order valence-corrected chi connectivity index (χ1v) is 9.59. The molecule has 28 heavy (non-hydrogen) atoms. The predicted octanol–water partition coefficient (Wildman–Crippen LogP) is 0.834. The maximum atomic E-state index is 12.8. The van der Waals surface area contributed by atoms with E-state index >= 15 is 0 Å². The lowest BCUT2D eigenvalue weighted by Gasteiger charge is -2.26. The third-order valence-corrected chi connectivity index (χ3v) is 5.40. The van der Waals surface area contributed by atoms with E-state index in [1.54, 1.807) is 33.8 Å². The summed E-state index contributed by atoms with van der Waals surface area (Å²) in [6, 6.07) is 7.10. The number of aromatic nitrogens is 2. The molecule has 148 valence electrons. The Balaban J connectivity index is 1.39. The number of hydrogen-bond donors (Lipinski definition) is 2. The summed E-state index contributed by atoms with van der Waals surface area (Å²) < 4.78 is 7.04. The fourth-order valence-corrected chi connectivity index (χ4v) is 3.82. The monoisotopic (exact) mass is 383 g/mol. The number of nitrogens with one attached hydrogen (secondary N) is 2. The molecule has 2 aliphatic heterocycles. The quantitative estimate of drug-likeness (QED) is 0.817. The number of morpholine rings is 1. The fourth-order valence-electron chi connectivity index (χ4n) is 3.82. The van der Waals surface area contributed by atoms with E-state index in [1.807, 2.05) is 19.4 Å². The molecule has 2 amide bonds. The summed E-state index contributed by atoms with van der Waals surface area (Å²) in [5, 5.41) is 10.5. The zero-order chi connectivity index (χ0) is 19.5. The van der Waals surface area contributed by atoms with Crippen LogP contribution >= 0.6 is 0 Å². The summed E-state index contributed by atoms with van der Waals surface area (Å²) in [5.74, 6) is -0.0707. The van der Waals surface area contributed by atoms with Gasteiger partial charge in [0.15, 0.2) is 0 Å². The first-order chi connectivity index (χ1) is 13.6. The molecule has 2 N–H and O–H groups in total. The van der Waals surface area contributed by atoms with Gasteiger partial charge in [-0.1, -0.05) is 0 Å². The highest BCUT2D eigenvalue weighted by Gasteiger charge is 2.34. The van der Waals surface area contributed by atoms with Crippen molar-refractivity contribution in [2.75, 3.05) is 44.7 Å². The molecule has 1 aromatic heterocycles. The molecule has 2 aliphatic rings. The second kappa shape index (κ2) is 8.12. The van der Waals surface area contributed by atoms with Gasteiger partial charge in [0, 0.05) is 56.6 Å². The maximum absolute atomic E-state index is 12.8. The Labute approximate surface area is 163 Å². The Morgan fingerprint density at radius 3 is 2.61 bits per heavy atom. The van der Waals surface area contributed by atoms with Crippen LogP contribution in [0.2, 0.25) is 0 Å². The Kier molecular flexibility index (Phi) is 5.40. The van der Waals surface area contributed by atoms with E-state index in [1.165, 1.54) is 0 Å². The molecule has 0 radical (unpaired) electrons. The molecule has 0 unspecified atom stereocenters. The minimum absolute atomic E-state index is 0.00203. The van der Waals surface area contributed by atoms with E-state index in [0.717, 1.165) is 12.1 Å². The molecule has 2 aromatic rings. The molecule has 2 saturated heterocycles. The SMILES string of the molecule is Cn1cc([C@H]2CNC[C@@H]2C(=O)Nc2ccc(C(=O)N3CCOCC3)cc2)cn1. The lowest BCUT2D eigenvalue weighted by Crippen LogP contribution is -2.40. The first kappa shape index (κ1) is 18.6. The summed E-state index contributed by atoms with van der Waals surface area (Å²) in [6.45, 7) is 3.78. The van der Waals surface area contributed by atoms with Gasteiger partial charge in [0.2, 0.25) is 5.91 Å². The Morgan fingerprint density at radius 1 is 1.18 bits per heavy atom. The average molecular weight is 383 g/mol. The van der Waals surface area contributed by atoms with E-state index in [2.05, 4.69) is 15.7 Å². The van der Waals surface area contributed by atoms with Crippen molar-refractivity contribution in [3.8, 4) is 0 Å². The zero-order valence-corrected chi connectivity index (χ0v) is 15.9. The van der Waals surface area contributed by atoms with Gasteiger partial charge in [-0.2, -0.15) is 5.10 Å². The molecular formula is C20H25N5O3. The second-order valence-electron chi connectivity index (χ2n) is 7.29. The number of amides is 2. The number of aryl methyl sites for hydroxylation is 1. The molecule has 0 saturated carbocycles. The zero-order valence-electron chi connectivity index (χ0n) is 15.9. The molecule has 4 rings (SSSR count). The van der Waals surface area contributed by atoms with Crippen molar-refractivity contribution < 1.29 is 14.3 Å². The molecule has 2 atom stereocenters. The standard InChI is InChI=1S/C20H25N5O3/c1-24-13-15(10-22-24)17-11-21-12-18(17)19(26)23-16-4-2-14(3-5-16)20(27)25-6-8-28-9-7-25/h2-5,10,13,17-18,21H,6-9,11-12H2,1H3,(H,23,26)/t17-,18+/m1/s1. The summed E-state index contributed by atoms with van der Waals surface area (Å²) in [5.41, 5.74) is 2.38. The Bertz CT molecular complexity index is 842. The molecule has 3 heterocycles. The maximum Gasteiger partial charge on any atom is 0.254 e. The van der Waals surface area contributed by atoms with Crippen molar-refractivity contribution in [3.05, 3.63) is 47.8 Å². The summed E-state index contributed by atoms with van der Waals surface area (Å²) in [6.07, 6.45) is 3.79. The predicted molar refractivity (Wildman–Crippen MR) is 104 cm³/mol. The Hall–Kier alpha value is -2.71. The molecular weight excluding hydrogens is 358 g/mol. The topological polar surface area (TPSA) is 88.5 Å². The van der Waals surface area contributed by atoms with Gasteiger partial charge >= 0.3 is 0 Å². The number of carbonyl (C=O) groups is 2. The van der Waals surface area contributed by atoms with Gasteiger partial charge < -0.3 is 20.3 Å². The number of nitrogens with zero attached hydrogens (tertiary/aromatic N) is 3. The molecule has 2 fully saturated rings. The third-order valence-electron chi connectivity index (χ3n) is 5.40. The lowest BCUT2D eigenvalue weighted by molar-refractivity contribution is -0.119. The van der Waals surface area contributed by atoms with Crippen LogP contribution in [-0.4, -0.2) is 65.9 Å². The largest absolute Gasteiger partial charge is 0.378 e. The average Bonchev–Trinajstić information content (AvgIpc) is 3.37. The van der Waals surface area contributed by atoms with Crippen LogP contribution in [-0.2, 0) is 16.6 Å². The van der Waals surface area contributed by atoms with Crippen LogP contribution in [0.4, 0.5) is 5.69 Å². The van der Waals surface area contributed by atoms with Crippen molar-refractivity contribution in [1.29, 1.82) is 0 Å². The minimum atomic E-state index is -0.154. The van der Waals surface area contributed by atoms with Crippen LogP contribution < -0.4 is 10.6 Å². The van der Waals surface area contributed by atoms with Crippen LogP contribution in [0.1, 0.15) is 21.8 Å². The van der Waals surface area contributed by atoms with Crippen LogP contribution in [0.5, 0.6) is 0 Å².